The van der Waals surface area contributed by atoms with Crippen molar-refractivity contribution in [3.63, 3.8) is 0 Å². The highest BCUT2D eigenvalue weighted by Gasteiger charge is 2.44. The lowest BCUT2D eigenvalue weighted by atomic mass is 9.89. The second-order valence-electron chi connectivity index (χ2n) is 7.68. The molecule has 6 heteroatoms. The summed E-state index contributed by atoms with van der Waals surface area (Å²) in [5, 5.41) is 12.5. The summed E-state index contributed by atoms with van der Waals surface area (Å²) < 4.78 is 0. The maximum atomic E-state index is 12.7. The van der Waals surface area contributed by atoms with Gasteiger partial charge in [0.15, 0.2) is 0 Å². The van der Waals surface area contributed by atoms with Gasteiger partial charge in [-0.3, -0.25) is 9.59 Å². The molecule has 6 nitrogen and oxygen atoms in total. The third-order valence-electron chi connectivity index (χ3n) is 6.02. The predicted octanol–water partition coefficient (Wildman–Crippen LogP) is 2.07. The summed E-state index contributed by atoms with van der Waals surface area (Å²) in [6.07, 6.45) is 9.22. The minimum atomic E-state index is -1.14. The van der Waals surface area contributed by atoms with E-state index in [1.807, 2.05) is 4.90 Å². The molecule has 134 valence electrons. The van der Waals surface area contributed by atoms with Crippen LogP contribution >= 0.6 is 0 Å². The van der Waals surface area contributed by atoms with Crippen molar-refractivity contribution < 1.29 is 19.5 Å². The van der Waals surface area contributed by atoms with Crippen LogP contribution in [-0.4, -0.2) is 45.9 Å². The van der Waals surface area contributed by atoms with Gasteiger partial charge < -0.3 is 15.3 Å². The summed E-state index contributed by atoms with van der Waals surface area (Å²) in [5.41, 5.74) is -1.14. The van der Waals surface area contributed by atoms with Crippen LogP contribution in [0.15, 0.2) is 0 Å². The third-order valence-corrected chi connectivity index (χ3v) is 6.02. The Kier molecular flexibility index (Phi) is 5.11. The lowest BCUT2D eigenvalue weighted by molar-refractivity contribution is -0.149. The Balaban J connectivity index is 1.65. The number of hydrogen-bond donors (Lipinski definition) is 2. The van der Waals surface area contributed by atoms with Crippen LogP contribution in [0.2, 0.25) is 0 Å². The fourth-order valence-electron chi connectivity index (χ4n) is 4.54. The molecule has 2 N–H and O–H groups in total. The summed E-state index contributed by atoms with van der Waals surface area (Å²) >= 11 is 0. The number of nitrogens with one attached hydrogen (secondary N) is 1. The number of carbonyl (C=O) groups excluding carboxylic acids is 2. The summed E-state index contributed by atoms with van der Waals surface area (Å²) in [6, 6.07) is 0.279. The molecule has 1 saturated heterocycles. The lowest BCUT2D eigenvalue weighted by Gasteiger charge is -2.30. The summed E-state index contributed by atoms with van der Waals surface area (Å²) in [6.45, 7) is 0.449. The van der Waals surface area contributed by atoms with Crippen molar-refractivity contribution in [3.8, 4) is 0 Å². The number of rotatable bonds is 4. The average molecular weight is 336 g/mol. The molecule has 2 saturated carbocycles. The summed E-state index contributed by atoms with van der Waals surface area (Å²) in [4.78, 5) is 38.6. The number of amides is 2. The number of carboxylic acid groups (broad SMARTS) is 1. The van der Waals surface area contributed by atoms with Gasteiger partial charge in [-0.2, -0.15) is 0 Å². The van der Waals surface area contributed by atoms with Crippen LogP contribution in [0, 0.1) is 5.92 Å². The average Bonchev–Trinajstić information content (AvgIpc) is 3.13. The van der Waals surface area contributed by atoms with E-state index in [1.54, 1.807) is 0 Å². The van der Waals surface area contributed by atoms with Gasteiger partial charge in [-0.05, 0) is 25.7 Å². The SMILES string of the molecule is O=C(NC1(C(=O)O)CCCCCC1)C1CC(=O)N(C2CCCC2)C1. The van der Waals surface area contributed by atoms with E-state index in [0.29, 0.717) is 19.4 Å². The van der Waals surface area contributed by atoms with Gasteiger partial charge in [0.05, 0.1) is 5.92 Å². The van der Waals surface area contributed by atoms with Crippen LogP contribution in [0.25, 0.3) is 0 Å². The molecule has 0 radical (unpaired) electrons. The topological polar surface area (TPSA) is 86.7 Å². The van der Waals surface area contributed by atoms with E-state index in [2.05, 4.69) is 5.32 Å². The van der Waals surface area contributed by atoms with Gasteiger partial charge in [0.1, 0.15) is 5.54 Å². The van der Waals surface area contributed by atoms with E-state index >= 15 is 0 Å². The molecule has 0 aromatic rings. The van der Waals surface area contributed by atoms with Crippen LogP contribution < -0.4 is 5.32 Å². The molecule has 1 unspecified atom stereocenters. The van der Waals surface area contributed by atoms with Crippen LogP contribution in [0.3, 0.4) is 0 Å². The van der Waals surface area contributed by atoms with Gasteiger partial charge in [-0.15, -0.1) is 0 Å². The number of hydrogen-bond acceptors (Lipinski definition) is 3. The van der Waals surface area contributed by atoms with Crippen molar-refractivity contribution in [3.05, 3.63) is 0 Å². The van der Waals surface area contributed by atoms with Crippen molar-refractivity contribution in [2.75, 3.05) is 6.54 Å². The molecular formula is C18H28N2O4. The standard InChI is InChI=1S/C18H28N2O4/c21-15-11-13(12-20(15)14-7-3-4-8-14)16(22)19-18(17(23)24)9-5-1-2-6-10-18/h13-14H,1-12H2,(H,19,22)(H,23,24). The van der Waals surface area contributed by atoms with E-state index in [9.17, 15) is 19.5 Å². The highest BCUT2D eigenvalue weighted by Crippen LogP contribution is 2.31. The van der Waals surface area contributed by atoms with E-state index < -0.39 is 17.4 Å². The molecule has 3 fully saturated rings. The maximum absolute atomic E-state index is 12.7. The number of carboxylic acids is 1. The molecule has 3 rings (SSSR count). The third kappa shape index (κ3) is 3.42. The molecule has 0 aromatic carbocycles. The zero-order valence-electron chi connectivity index (χ0n) is 14.3. The van der Waals surface area contributed by atoms with Gasteiger partial charge in [0.2, 0.25) is 11.8 Å². The zero-order valence-corrected chi connectivity index (χ0v) is 14.3. The van der Waals surface area contributed by atoms with Gasteiger partial charge >= 0.3 is 5.97 Å². The number of aliphatic carboxylic acids is 1. The largest absolute Gasteiger partial charge is 0.480 e. The van der Waals surface area contributed by atoms with Gasteiger partial charge in [0, 0.05) is 19.0 Å². The minimum absolute atomic E-state index is 0.0484. The van der Waals surface area contributed by atoms with Crippen molar-refractivity contribution in [1.82, 2.24) is 10.2 Å². The number of likely N-dealkylation sites (tertiary alicyclic amines) is 1. The molecule has 0 bridgehead atoms. The first-order chi connectivity index (χ1) is 11.5. The van der Waals surface area contributed by atoms with Crippen molar-refractivity contribution in [2.45, 2.75) is 82.2 Å². The molecule has 0 aromatic heterocycles. The maximum Gasteiger partial charge on any atom is 0.329 e. The Morgan fingerprint density at radius 1 is 1.04 bits per heavy atom. The van der Waals surface area contributed by atoms with Crippen molar-refractivity contribution in [2.24, 2.45) is 5.92 Å². The van der Waals surface area contributed by atoms with Gasteiger partial charge in [0.25, 0.3) is 0 Å². The Labute approximate surface area is 143 Å². The first kappa shape index (κ1) is 17.2. The Bertz CT molecular complexity index is 505. The molecule has 2 aliphatic carbocycles. The van der Waals surface area contributed by atoms with E-state index in [4.69, 9.17) is 0 Å². The van der Waals surface area contributed by atoms with Crippen molar-refractivity contribution in [1.29, 1.82) is 0 Å². The van der Waals surface area contributed by atoms with Crippen LogP contribution in [0.5, 0.6) is 0 Å². The Morgan fingerprint density at radius 3 is 2.25 bits per heavy atom. The van der Waals surface area contributed by atoms with Gasteiger partial charge in [-0.1, -0.05) is 38.5 Å². The first-order valence-electron chi connectivity index (χ1n) is 9.37. The first-order valence-corrected chi connectivity index (χ1v) is 9.37. The fourth-order valence-corrected chi connectivity index (χ4v) is 4.54. The summed E-state index contributed by atoms with van der Waals surface area (Å²) in [7, 11) is 0. The predicted molar refractivity (Wildman–Crippen MR) is 88.3 cm³/mol. The Morgan fingerprint density at radius 2 is 1.67 bits per heavy atom. The number of nitrogens with zero attached hydrogens (tertiary/aromatic N) is 1. The molecule has 3 aliphatic rings. The van der Waals surface area contributed by atoms with Gasteiger partial charge in [-0.25, -0.2) is 4.79 Å². The normalized spacial score (nSPS) is 27.9. The molecular weight excluding hydrogens is 308 g/mol. The zero-order chi connectivity index (χ0) is 17.2. The molecule has 0 spiro atoms. The van der Waals surface area contributed by atoms with Crippen LogP contribution in [-0.2, 0) is 14.4 Å². The molecule has 2 amide bonds. The summed E-state index contributed by atoms with van der Waals surface area (Å²) in [5.74, 6) is -1.55. The Hall–Kier alpha value is -1.59. The van der Waals surface area contributed by atoms with E-state index in [-0.39, 0.29) is 24.3 Å². The van der Waals surface area contributed by atoms with E-state index in [0.717, 1.165) is 51.4 Å². The highest BCUT2D eigenvalue weighted by molar-refractivity contribution is 5.92. The fraction of sp³-hybridized carbons (Fsp3) is 0.833. The second-order valence-corrected chi connectivity index (χ2v) is 7.68. The smallest absolute Gasteiger partial charge is 0.329 e. The van der Waals surface area contributed by atoms with E-state index in [1.165, 1.54) is 0 Å². The second kappa shape index (κ2) is 7.11. The number of carbonyl (C=O) groups is 3. The molecule has 24 heavy (non-hydrogen) atoms. The molecule has 1 aliphatic heterocycles. The quantitative estimate of drug-likeness (QED) is 0.770. The van der Waals surface area contributed by atoms with Crippen LogP contribution in [0.4, 0.5) is 0 Å². The minimum Gasteiger partial charge on any atom is -0.480 e. The molecule has 1 atom stereocenters. The van der Waals surface area contributed by atoms with Crippen molar-refractivity contribution >= 4 is 17.8 Å². The monoisotopic (exact) mass is 336 g/mol. The molecule has 1 heterocycles. The van der Waals surface area contributed by atoms with Crippen LogP contribution in [0.1, 0.15) is 70.6 Å². The highest BCUT2D eigenvalue weighted by atomic mass is 16.4. The lowest BCUT2D eigenvalue weighted by Crippen LogP contribution is -2.56.